The van der Waals surface area contributed by atoms with Crippen LogP contribution in [0.25, 0.3) is 0 Å². The lowest BCUT2D eigenvalue weighted by Crippen LogP contribution is -2.33. The number of hydrogen-bond donors (Lipinski definition) is 0. The fourth-order valence-electron chi connectivity index (χ4n) is 2.17. The average Bonchev–Trinajstić information content (AvgIpc) is 2.52. The average molecular weight is 227 g/mol. The van der Waals surface area contributed by atoms with Crippen molar-refractivity contribution in [1.82, 2.24) is 0 Å². The Balaban J connectivity index is 2.45. The van der Waals surface area contributed by atoms with Crippen molar-refractivity contribution in [3.63, 3.8) is 0 Å². The van der Waals surface area contributed by atoms with Crippen molar-refractivity contribution < 1.29 is 0 Å². The summed E-state index contributed by atoms with van der Waals surface area (Å²) in [5, 5.41) is 0. The monoisotopic (exact) mass is 226 g/mol. The van der Waals surface area contributed by atoms with Crippen molar-refractivity contribution in [3.8, 4) is 0 Å². The van der Waals surface area contributed by atoms with Crippen molar-refractivity contribution in [3.05, 3.63) is 12.2 Å². The van der Waals surface area contributed by atoms with Gasteiger partial charge in [-0.25, -0.2) is 0 Å². The van der Waals surface area contributed by atoms with Gasteiger partial charge in [0.2, 0.25) is 0 Å². The van der Waals surface area contributed by atoms with Gasteiger partial charge in [0.05, 0.1) is 8.07 Å². The third kappa shape index (κ3) is 3.73. The summed E-state index contributed by atoms with van der Waals surface area (Å²) in [5.74, 6) is 0. The first-order valence-corrected chi connectivity index (χ1v) is 13.0. The Morgan fingerprint density at radius 2 is 1.71 bits per heavy atom. The van der Waals surface area contributed by atoms with Crippen molar-refractivity contribution in [2.45, 2.75) is 63.2 Å². The molecule has 0 radical (unpaired) electrons. The van der Waals surface area contributed by atoms with E-state index in [2.05, 4.69) is 44.9 Å². The summed E-state index contributed by atoms with van der Waals surface area (Å²) in [6, 6.07) is 3.09. The second-order valence-electron chi connectivity index (χ2n) is 6.66. The minimum atomic E-state index is -0.932. The van der Waals surface area contributed by atoms with E-state index in [0.29, 0.717) is 0 Å². The highest BCUT2D eigenvalue weighted by atomic mass is 28.3. The lowest BCUT2D eigenvalue weighted by molar-refractivity contribution is 0.885. The van der Waals surface area contributed by atoms with Crippen LogP contribution in [0.2, 0.25) is 50.4 Å². The highest BCUT2D eigenvalue weighted by Crippen LogP contribution is 2.37. The molecule has 0 bridgehead atoms. The molecule has 82 valence electrons. The molecule has 0 saturated carbocycles. The third-order valence-electron chi connectivity index (χ3n) is 3.54. The van der Waals surface area contributed by atoms with Crippen LogP contribution in [-0.2, 0) is 0 Å². The van der Waals surface area contributed by atoms with Gasteiger partial charge in [0.25, 0.3) is 0 Å². The Morgan fingerprint density at radius 1 is 1.07 bits per heavy atom. The first-order chi connectivity index (χ1) is 6.31. The van der Waals surface area contributed by atoms with E-state index in [1.165, 1.54) is 18.9 Å². The molecule has 0 aromatic carbocycles. The maximum Gasteiger partial charge on any atom is 0.0541 e. The molecule has 2 heteroatoms. The van der Waals surface area contributed by atoms with Crippen LogP contribution in [0.3, 0.4) is 0 Å². The van der Waals surface area contributed by atoms with Crippen LogP contribution in [0, 0.1) is 0 Å². The predicted octanol–water partition coefficient (Wildman–Crippen LogP) is 4.75. The molecule has 0 N–H and O–H groups in total. The van der Waals surface area contributed by atoms with Crippen molar-refractivity contribution in [2.24, 2.45) is 0 Å². The molecular formula is C12H26Si2. The summed E-state index contributed by atoms with van der Waals surface area (Å²) in [5.41, 5.74) is 0.985. The number of rotatable bonds is 4. The molecule has 14 heavy (non-hydrogen) atoms. The molecule has 1 unspecified atom stereocenters. The van der Waals surface area contributed by atoms with Crippen molar-refractivity contribution in [2.75, 3.05) is 0 Å². The quantitative estimate of drug-likeness (QED) is 0.479. The topological polar surface area (TPSA) is 0 Å². The van der Waals surface area contributed by atoms with E-state index in [1.807, 2.05) is 0 Å². The lowest BCUT2D eigenvalue weighted by Gasteiger charge is -2.31. The van der Waals surface area contributed by atoms with Gasteiger partial charge in [-0.3, -0.25) is 0 Å². The van der Waals surface area contributed by atoms with E-state index >= 15 is 0 Å². The van der Waals surface area contributed by atoms with E-state index < -0.39 is 16.1 Å². The molecule has 0 saturated heterocycles. The predicted molar refractivity (Wildman–Crippen MR) is 72.6 cm³/mol. The highest BCUT2D eigenvalue weighted by molar-refractivity contribution is 6.83. The first kappa shape index (κ1) is 12.2. The van der Waals surface area contributed by atoms with Crippen LogP contribution in [-0.4, -0.2) is 16.1 Å². The lowest BCUT2D eigenvalue weighted by atomic mass is 10.4. The van der Waals surface area contributed by atoms with Crippen LogP contribution in [0.4, 0.5) is 0 Å². The second-order valence-corrected chi connectivity index (χ2v) is 17.5. The van der Waals surface area contributed by atoms with E-state index in [1.54, 1.807) is 6.04 Å². The molecule has 0 nitrogen and oxygen atoms in total. The van der Waals surface area contributed by atoms with Gasteiger partial charge >= 0.3 is 0 Å². The summed E-state index contributed by atoms with van der Waals surface area (Å²) < 4.78 is 0. The minimum Gasteiger partial charge on any atom is -0.0885 e. The first-order valence-electron chi connectivity index (χ1n) is 5.98. The SMILES string of the molecule is C[Si](C)(C)CC[Si](C)(C)C1C=CCC1. The molecule has 0 aromatic heterocycles. The van der Waals surface area contributed by atoms with Crippen LogP contribution in [0.1, 0.15) is 12.8 Å². The molecule has 1 aliphatic carbocycles. The van der Waals surface area contributed by atoms with Crippen LogP contribution < -0.4 is 0 Å². The Labute approximate surface area is 91.8 Å². The molecular weight excluding hydrogens is 200 g/mol. The standard InChI is InChI=1S/C12H26Si2/c1-13(2,3)10-11-14(4,5)12-8-6-7-9-12/h6,8,12H,7,9-11H2,1-5H3. The Bertz CT molecular complexity index is 211. The van der Waals surface area contributed by atoms with Crippen LogP contribution >= 0.6 is 0 Å². The molecule has 0 amide bonds. The highest BCUT2D eigenvalue weighted by Gasteiger charge is 2.32. The van der Waals surface area contributed by atoms with E-state index in [9.17, 15) is 0 Å². The molecule has 0 fully saturated rings. The fraction of sp³-hybridized carbons (Fsp3) is 0.833. The second kappa shape index (κ2) is 4.35. The Kier molecular flexibility index (Phi) is 3.81. The molecule has 0 aliphatic heterocycles. The molecule has 1 atom stereocenters. The Hall–Kier alpha value is 0.174. The van der Waals surface area contributed by atoms with Gasteiger partial charge in [-0.05, 0) is 18.4 Å². The molecule has 0 heterocycles. The minimum absolute atomic E-state index is 0.807. The van der Waals surface area contributed by atoms with Gasteiger partial charge in [-0.15, -0.1) is 0 Å². The zero-order valence-corrected chi connectivity index (χ0v) is 12.6. The molecule has 0 aromatic rings. The van der Waals surface area contributed by atoms with Crippen molar-refractivity contribution >= 4 is 16.1 Å². The summed E-state index contributed by atoms with van der Waals surface area (Å²) in [6.45, 7) is 12.7. The van der Waals surface area contributed by atoms with Gasteiger partial charge < -0.3 is 0 Å². The fourth-order valence-corrected chi connectivity index (χ4v) is 9.72. The smallest absolute Gasteiger partial charge is 0.0541 e. The summed E-state index contributed by atoms with van der Waals surface area (Å²) in [4.78, 5) is 0. The van der Waals surface area contributed by atoms with Gasteiger partial charge in [0.1, 0.15) is 0 Å². The van der Waals surface area contributed by atoms with Gasteiger partial charge in [0.15, 0.2) is 0 Å². The maximum atomic E-state index is 2.59. The molecule has 0 spiro atoms. The normalized spacial score (nSPS) is 23.1. The van der Waals surface area contributed by atoms with Gasteiger partial charge in [-0.2, -0.15) is 0 Å². The van der Waals surface area contributed by atoms with E-state index in [0.717, 1.165) is 5.54 Å². The van der Waals surface area contributed by atoms with Crippen LogP contribution in [0.5, 0.6) is 0 Å². The maximum absolute atomic E-state index is 2.59. The van der Waals surface area contributed by atoms with E-state index in [-0.39, 0.29) is 0 Å². The van der Waals surface area contributed by atoms with E-state index in [4.69, 9.17) is 0 Å². The zero-order chi connectivity index (χ0) is 10.8. The number of allylic oxidation sites excluding steroid dienone is 2. The van der Waals surface area contributed by atoms with Gasteiger partial charge in [-0.1, -0.05) is 57.0 Å². The largest absolute Gasteiger partial charge is 0.0885 e. The zero-order valence-electron chi connectivity index (χ0n) is 10.6. The summed E-state index contributed by atoms with van der Waals surface area (Å²) >= 11 is 0. The third-order valence-corrected chi connectivity index (χ3v) is 9.81. The number of hydrogen-bond acceptors (Lipinski definition) is 0. The van der Waals surface area contributed by atoms with Crippen molar-refractivity contribution in [1.29, 1.82) is 0 Å². The molecule has 1 rings (SSSR count). The Morgan fingerprint density at radius 3 is 2.14 bits per heavy atom. The summed E-state index contributed by atoms with van der Waals surface area (Å²) in [7, 11) is -1.74. The van der Waals surface area contributed by atoms with Crippen LogP contribution in [0.15, 0.2) is 12.2 Å². The van der Waals surface area contributed by atoms with Gasteiger partial charge in [0, 0.05) is 8.07 Å². The summed E-state index contributed by atoms with van der Waals surface area (Å²) in [6.07, 6.45) is 7.70. The molecule has 1 aliphatic rings.